The van der Waals surface area contributed by atoms with Gasteiger partial charge in [-0.3, -0.25) is 0 Å². The lowest BCUT2D eigenvalue weighted by Gasteiger charge is -2.20. The molecule has 0 aromatic heterocycles. The minimum atomic E-state index is -0.954. The van der Waals surface area contributed by atoms with E-state index >= 15 is 0 Å². The molecule has 0 saturated heterocycles. The molecule has 5 heteroatoms. The van der Waals surface area contributed by atoms with Crippen LogP contribution in [0.3, 0.4) is 0 Å². The largest absolute Gasteiger partial charge is 0.505 e. The highest BCUT2D eigenvalue weighted by molar-refractivity contribution is 5.48. The van der Waals surface area contributed by atoms with Crippen LogP contribution in [-0.2, 0) is 0 Å². The SMILES string of the molecule is Oc1cccc(C(c2ccc(F)cc2)c2cccc(O)c2F)c1F. The van der Waals surface area contributed by atoms with Crippen LogP contribution in [0.15, 0.2) is 60.7 Å². The molecule has 0 amide bonds. The summed E-state index contributed by atoms with van der Waals surface area (Å²) in [4.78, 5) is 0. The van der Waals surface area contributed by atoms with Gasteiger partial charge in [0.1, 0.15) is 5.82 Å². The minimum Gasteiger partial charge on any atom is -0.505 e. The van der Waals surface area contributed by atoms with Crippen molar-refractivity contribution in [2.24, 2.45) is 0 Å². The molecule has 122 valence electrons. The van der Waals surface area contributed by atoms with Crippen LogP contribution in [0.25, 0.3) is 0 Å². The van der Waals surface area contributed by atoms with Crippen LogP contribution >= 0.6 is 0 Å². The summed E-state index contributed by atoms with van der Waals surface area (Å²) < 4.78 is 42.1. The van der Waals surface area contributed by atoms with Crippen molar-refractivity contribution in [2.45, 2.75) is 5.92 Å². The first-order chi connectivity index (χ1) is 11.5. The third-order valence-electron chi connectivity index (χ3n) is 3.84. The molecule has 0 saturated carbocycles. The van der Waals surface area contributed by atoms with E-state index in [9.17, 15) is 23.4 Å². The number of halogens is 3. The first kappa shape index (κ1) is 15.9. The molecule has 2 nitrogen and oxygen atoms in total. The van der Waals surface area contributed by atoms with Gasteiger partial charge in [-0.05, 0) is 29.8 Å². The van der Waals surface area contributed by atoms with Crippen molar-refractivity contribution in [1.82, 2.24) is 0 Å². The Balaban J connectivity index is 2.27. The zero-order chi connectivity index (χ0) is 17.3. The van der Waals surface area contributed by atoms with Gasteiger partial charge in [0, 0.05) is 17.0 Å². The van der Waals surface area contributed by atoms with Gasteiger partial charge in [-0.15, -0.1) is 0 Å². The third-order valence-corrected chi connectivity index (χ3v) is 3.84. The molecule has 0 aliphatic heterocycles. The molecule has 24 heavy (non-hydrogen) atoms. The van der Waals surface area contributed by atoms with Crippen molar-refractivity contribution in [3.05, 3.63) is 94.8 Å². The van der Waals surface area contributed by atoms with Gasteiger partial charge >= 0.3 is 0 Å². The normalized spacial score (nSPS) is 11.0. The number of phenolic OH excluding ortho intramolecular Hbond substituents is 2. The lowest BCUT2D eigenvalue weighted by atomic mass is 9.84. The molecular formula is C19H13F3O2. The highest BCUT2D eigenvalue weighted by Crippen LogP contribution is 2.38. The van der Waals surface area contributed by atoms with Crippen molar-refractivity contribution < 1.29 is 23.4 Å². The Labute approximate surface area is 136 Å². The summed E-state index contributed by atoms with van der Waals surface area (Å²) in [5.41, 5.74) is 0.461. The predicted octanol–water partition coefficient (Wildman–Crippen LogP) is 4.70. The fourth-order valence-corrected chi connectivity index (χ4v) is 2.70. The third kappa shape index (κ3) is 2.80. The first-order valence-electron chi connectivity index (χ1n) is 7.19. The molecule has 0 aliphatic carbocycles. The van der Waals surface area contributed by atoms with Crippen LogP contribution in [0, 0.1) is 17.5 Å². The summed E-state index contributed by atoms with van der Waals surface area (Å²) in [5, 5.41) is 19.3. The Hall–Kier alpha value is -2.95. The second kappa shape index (κ2) is 6.28. The summed E-state index contributed by atoms with van der Waals surface area (Å²) in [6, 6.07) is 13.2. The highest BCUT2D eigenvalue weighted by Gasteiger charge is 2.25. The van der Waals surface area contributed by atoms with Crippen molar-refractivity contribution in [1.29, 1.82) is 0 Å². The van der Waals surface area contributed by atoms with Crippen LogP contribution in [0.5, 0.6) is 11.5 Å². The number of aromatic hydroxyl groups is 2. The van der Waals surface area contributed by atoms with Crippen molar-refractivity contribution >= 4 is 0 Å². The van der Waals surface area contributed by atoms with Crippen molar-refractivity contribution in [3.8, 4) is 11.5 Å². The van der Waals surface area contributed by atoms with Crippen LogP contribution in [0.2, 0.25) is 0 Å². The molecule has 0 unspecified atom stereocenters. The minimum absolute atomic E-state index is 0.0195. The van der Waals surface area contributed by atoms with Gasteiger partial charge in [0.2, 0.25) is 0 Å². The second-order valence-corrected chi connectivity index (χ2v) is 5.35. The van der Waals surface area contributed by atoms with E-state index in [4.69, 9.17) is 0 Å². The fourth-order valence-electron chi connectivity index (χ4n) is 2.70. The quantitative estimate of drug-likeness (QED) is 0.684. The average Bonchev–Trinajstić information content (AvgIpc) is 2.57. The molecule has 0 radical (unpaired) electrons. The summed E-state index contributed by atoms with van der Waals surface area (Å²) in [5.74, 6) is -4.36. The summed E-state index contributed by atoms with van der Waals surface area (Å²) >= 11 is 0. The lowest BCUT2D eigenvalue weighted by molar-refractivity contribution is 0.423. The van der Waals surface area contributed by atoms with Gasteiger partial charge in [-0.1, -0.05) is 36.4 Å². The maximum Gasteiger partial charge on any atom is 0.168 e. The van der Waals surface area contributed by atoms with Crippen LogP contribution in [-0.4, -0.2) is 10.2 Å². The molecule has 0 spiro atoms. The number of benzene rings is 3. The highest BCUT2D eigenvalue weighted by atomic mass is 19.1. The van der Waals surface area contributed by atoms with Crippen molar-refractivity contribution in [2.75, 3.05) is 0 Å². The van der Waals surface area contributed by atoms with E-state index in [1.807, 2.05) is 0 Å². The molecule has 0 atom stereocenters. The zero-order valence-electron chi connectivity index (χ0n) is 12.4. The first-order valence-corrected chi connectivity index (χ1v) is 7.19. The molecule has 3 rings (SSSR count). The lowest BCUT2D eigenvalue weighted by Crippen LogP contribution is -2.08. The Kier molecular flexibility index (Phi) is 4.16. The summed E-state index contributed by atoms with van der Waals surface area (Å²) in [6.07, 6.45) is 0. The summed E-state index contributed by atoms with van der Waals surface area (Å²) in [6.45, 7) is 0. The molecular weight excluding hydrogens is 317 g/mol. The monoisotopic (exact) mass is 330 g/mol. The summed E-state index contributed by atoms with van der Waals surface area (Å²) in [7, 11) is 0. The molecule has 0 bridgehead atoms. The molecule has 0 aliphatic rings. The van der Waals surface area contributed by atoms with E-state index in [2.05, 4.69) is 0 Å². The van der Waals surface area contributed by atoms with E-state index in [-0.39, 0.29) is 11.1 Å². The molecule has 3 aromatic rings. The van der Waals surface area contributed by atoms with E-state index < -0.39 is 34.9 Å². The molecule has 0 fully saturated rings. The predicted molar refractivity (Wildman–Crippen MR) is 83.5 cm³/mol. The Bertz CT molecular complexity index is 825. The van der Waals surface area contributed by atoms with Crippen LogP contribution in [0.1, 0.15) is 22.6 Å². The number of rotatable bonds is 3. The Morgan fingerprint density at radius 1 is 0.625 bits per heavy atom. The fraction of sp³-hybridized carbons (Fsp3) is 0.0526. The van der Waals surface area contributed by atoms with Crippen molar-refractivity contribution in [3.63, 3.8) is 0 Å². The van der Waals surface area contributed by atoms with E-state index in [1.54, 1.807) is 0 Å². The van der Waals surface area contributed by atoms with Gasteiger partial charge in [0.25, 0.3) is 0 Å². The zero-order valence-corrected chi connectivity index (χ0v) is 12.4. The van der Waals surface area contributed by atoms with Gasteiger partial charge in [-0.2, -0.15) is 0 Å². The Morgan fingerprint density at radius 3 is 1.54 bits per heavy atom. The topological polar surface area (TPSA) is 40.5 Å². The van der Waals surface area contributed by atoms with Crippen LogP contribution in [0.4, 0.5) is 13.2 Å². The molecule has 0 heterocycles. The Morgan fingerprint density at radius 2 is 1.08 bits per heavy atom. The van der Waals surface area contributed by atoms with Crippen LogP contribution < -0.4 is 0 Å². The van der Waals surface area contributed by atoms with Gasteiger partial charge < -0.3 is 10.2 Å². The molecule has 3 aromatic carbocycles. The van der Waals surface area contributed by atoms with Gasteiger partial charge in [-0.25, -0.2) is 13.2 Å². The number of phenols is 2. The maximum absolute atomic E-state index is 14.4. The van der Waals surface area contributed by atoms with Gasteiger partial charge in [0.15, 0.2) is 23.1 Å². The standard InChI is InChI=1S/C19H13F3O2/c20-12-9-7-11(8-10-12)17(13-3-1-5-15(23)18(13)21)14-4-2-6-16(24)19(14)22/h1-10,17,23-24H. The number of hydrogen-bond acceptors (Lipinski definition) is 2. The smallest absolute Gasteiger partial charge is 0.168 e. The average molecular weight is 330 g/mol. The second-order valence-electron chi connectivity index (χ2n) is 5.35. The van der Waals surface area contributed by atoms with Gasteiger partial charge in [0.05, 0.1) is 0 Å². The van der Waals surface area contributed by atoms with E-state index in [0.717, 1.165) is 0 Å². The van der Waals surface area contributed by atoms with E-state index in [1.165, 1.54) is 60.7 Å². The van der Waals surface area contributed by atoms with E-state index in [0.29, 0.717) is 5.56 Å². The maximum atomic E-state index is 14.4. The molecule has 2 N–H and O–H groups in total. The number of hydrogen-bond donors (Lipinski definition) is 2.